The summed E-state index contributed by atoms with van der Waals surface area (Å²) in [7, 11) is 5.30. The number of nitrogens with zero attached hydrogens (tertiary/aromatic N) is 2. The molecule has 4 rings (SSSR count). The summed E-state index contributed by atoms with van der Waals surface area (Å²) in [5.74, 6) is -1.56. The van der Waals surface area contributed by atoms with Crippen molar-refractivity contribution in [2.24, 2.45) is 0 Å². The number of aliphatic hydroxyl groups excluding tert-OH is 1. The Morgan fingerprint density at radius 3 is 2.17 bits per heavy atom. The lowest BCUT2D eigenvalue weighted by Gasteiger charge is -2.26. The van der Waals surface area contributed by atoms with E-state index in [0.29, 0.717) is 22.0 Å². The number of carbonyl (C=O) groups excluding carboxylic acids is 2. The molecule has 0 aromatic heterocycles. The van der Waals surface area contributed by atoms with Gasteiger partial charge in [0.15, 0.2) is 0 Å². The van der Waals surface area contributed by atoms with Gasteiger partial charge in [-0.15, -0.1) is 0 Å². The van der Waals surface area contributed by atoms with E-state index in [-0.39, 0.29) is 26.9 Å². The Balaban J connectivity index is 1.94. The van der Waals surface area contributed by atoms with Crippen LogP contribution in [-0.2, 0) is 9.59 Å². The summed E-state index contributed by atoms with van der Waals surface area (Å²) >= 11 is 18.5. The number of benzene rings is 3. The van der Waals surface area contributed by atoms with E-state index in [9.17, 15) is 14.7 Å². The third-order valence-corrected chi connectivity index (χ3v) is 6.81. The first kappa shape index (κ1) is 24.9. The Hall–Kier alpha value is -3.19. The van der Waals surface area contributed by atoms with Gasteiger partial charge in [0.05, 0.1) is 33.8 Å². The third kappa shape index (κ3) is 4.57. The highest BCUT2D eigenvalue weighted by Crippen LogP contribution is 2.44. The fourth-order valence-corrected chi connectivity index (χ4v) is 4.52. The van der Waals surface area contributed by atoms with Crippen molar-refractivity contribution in [2.75, 3.05) is 31.0 Å². The van der Waals surface area contributed by atoms with E-state index in [0.717, 1.165) is 5.69 Å². The van der Waals surface area contributed by atoms with Crippen LogP contribution >= 0.6 is 34.8 Å². The fraction of sp³-hybridized carbons (Fsp3) is 0.154. The topological polar surface area (TPSA) is 70.1 Å². The van der Waals surface area contributed by atoms with Gasteiger partial charge >= 0.3 is 0 Å². The van der Waals surface area contributed by atoms with Crippen molar-refractivity contribution in [1.82, 2.24) is 0 Å². The highest BCUT2D eigenvalue weighted by molar-refractivity contribution is 6.52. The van der Waals surface area contributed by atoms with Crippen LogP contribution in [-0.4, -0.2) is 38.0 Å². The van der Waals surface area contributed by atoms with Gasteiger partial charge in [0.1, 0.15) is 11.5 Å². The average Bonchev–Trinajstić information content (AvgIpc) is 3.10. The molecular formula is C26H21Cl3N2O4. The normalized spacial score (nSPS) is 17.1. The molecule has 0 bridgehead atoms. The monoisotopic (exact) mass is 530 g/mol. The first-order valence-corrected chi connectivity index (χ1v) is 11.6. The van der Waals surface area contributed by atoms with Gasteiger partial charge in [0.2, 0.25) is 0 Å². The van der Waals surface area contributed by atoms with Gasteiger partial charge < -0.3 is 14.7 Å². The first-order chi connectivity index (χ1) is 16.6. The number of ketones is 1. The number of carbonyl (C=O) groups is 2. The van der Waals surface area contributed by atoms with Gasteiger partial charge in [0.25, 0.3) is 11.7 Å². The molecule has 3 aromatic rings. The third-order valence-electron chi connectivity index (χ3n) is 5.78. The molecule has 1 N–H and O–H groups in total. The molecule has 1 aliphatic heterocycles. The molecular weight excluding hydrogens is 511 g/mol. The second kappa shape index (κ2) is 9.82. The van der Waals surface area contributed by atoms with Gasteiger partial charge in [-0.25, -0.2) is 0 Å². The molecule has 3 aromatic carbocycles. The van der Waals surface area contributed by atoms with Crippen molar-refractivity contribution < 1.29 is 19.4 Å². The van der Waals surface area contributed by atoms with Crippen LogP contribution in [0.5, 0.6) is 5.75 Å². The van der Waals surface area contributed by atoms with Crippen LogP contribution in [0.2, 0.25) is 15.1 Å². The molecule has 180 valence electrons. The van der Waals surface area contributed by atoms with E-state index in [2.05, 4.69) is 0 Å². The molecule has 1 saturated heterocycles. The SMILES string of the molecule is COc1ccc(N2C(=O)C(=O)/C(=C(/O)c3ccc(Cl)c(Cl)c3)C2c2ccc(N(C)C)cc2)cc1Cl. The van der Waals surface area contributed by atoms with Gasteiger partial charge in [-0.1, -0.05) is 46.9 Å². The Morgan fingerprint density at radius 1 is 0.914 bits per heavy atom. The summed E-state index contributed by atoms with van der Waals surface area (Å²) in [6, 6.07) is 15.7. The van der Waals surface area contributed by atoms with Crippen LogP contribution in [0.1, 0.15) is 17.2 Å². The zero-order valence-electron chi connectivity index (χ0n) is 19.1. The van der Waals surface area contributed by atoms with Gasteiger partial charge in [-0.2, -0.15) is 0 Å². The quantitative estimate of drug-likeness (QED) is 0.236. The molecule has 6 nitrogen and oxygen atoms in total. The number of hydrogen-bond donors (Lipinski definition) is 1. The van der Waals surface area contributed by atoms with Crippen LogP contribution in [0.3, 0.4) is 0 Å². The van der Waals surface area contributed by atoms with Crippen LogP contribution < -0.4 is 14.5 Å². The van der Waals surface area contributed by atoms with E-state index in [1.54, 1.807) is 18.2 Å². The Bertz CT molecular complexity index is 1350. The summed E-state index contributed by atoms with van der Waals surface area (Å²) in [5.41, 5.74) is 2.14. The molecule has 1 atom stereocenters. The number of aliphatic hydroxyl groups is 1. The van der Waals surface area contributed by atoms with Crippen molar-refractivity contribution in [2.45, 2.75) is 6.04 Å². The van der Waals surface area contributed by atoms with Gasteiger partial charge in [0, 0.05) is 31.0 Å². The summed E-state index contributed by atoms with van der Waals surface area (Å²) in [5, 5.41) is 12.0. The number of hydrogen-bond acceptors (Lipinski definition) is 5. The predicted molar refractivity (Wildman–Crippen MR) is 140 cm³/mol. The molecule has 1 heterocycles. The Kier molecular flexibility index (Phi) is 6.99. The van der Waals surface area contributed by atoms with Crippen molar-refractivity contribution in [1.29, 1.82) is 0 Å². The molecule has 9 heteroatoms. The standard InChI is InChI=1S/C26H21Cl3N2O4/c1-30(2)16-7-4-14(5-8-16)23-22(24(32)15-6-10-18(27)19(28)12-15)25(33)26(34)31(23)17-9-11-21(35-3)20(29)13-17/h4-13,23,32H,1-3H3/b24-22+. The second-order valence-corrected chi connectivity index (χ2v) is 9.32. The van der Waals surface area contributed by atoms with Gasteiger partial charge in [-0.3, -0.25) is 14.5 Å². The maximum Gasteiger partial charge on any atom is 0.300 e. The van der Waals surface area contributed by atoms with Crippen molar-refractivity contribution in [3.8, 4) is 5.75 Å². The maximum absolute atomic E-state index is 13.3. The maximum atomic E-state index is 13.3. The fourth-order valence-electron chi connectivity index (χ4n) is 3.97. The highest BCUT2D eigenvalue weighted by Gasteiger charge is 2.47. The second-order valence-electron chi connectivity index (χ2n) is 8.10. The van der Waals surface area contributed by atoms with Crippen LogP contribution in [0.25, 0.3) is 5.76 Å². The number of halogens is 3. The molecule has 1 unspecified atom stereocenters. The van der Waals surface area contributed by atoms with Gasteiger partial charge in [-0.05, 0) is 54.1 Å². The average molecular weight is 532 g/mol. The molecule has 1 amide bonds. The zero-order valence-corrected chi connectivity index (χ0v) is 21.3. The van der Waals surface area contributed by atoms with E-state index in [1.165, 1.54) is 30.2 Å². The van der Waals surface area contributed by atoms with E-state index in [1.807, 2.05) is 43.3 Å². The highest BCUT2D eigenvalue weighted by atomic mass is 35.5. The minimum absolute atomic E-state index is 0.0714. The molecule has 1 aliphatic rings. The predicted octanol–water partition coefficient (Wildman–Crippen LogP) is 6.35. The van der Waals surface area contributed by atoms with Crippen LogP contribution in [0.4, 0.5) is 11.4 Å². The number of ether oxygens (including phenoxy) is 1. The first-order valence-electron chi connectivity index (χ1n) is 10.5. The molecule has 1 fully saturated rings. The number of rotatable bonds is 5. The Labute approximate surface area is 217 Å². The van der Waals surface area contributed by atoms with Crippen molar-refractivity contribution >= 4 is 63.6 Å². The van der Waals surface area contributed by atoms with Crippen LogP contribution in [0.15, 0.2) is 66.2 Å². The van der Waals surface area contributed by atoms with E-state index >= 15 is 0 Å². The van der Waals surface area contributed by atoms with Crippen molar-refractivity contribution in [3.63, 3.8) is 0 Å². The number of amides is 1. The summed E-state index contributed by atoms with van der Waals surface area (Å²) in [6.07, 6.45) is 0. The lowest BCUT2D eigenvalue weighted by Crippen LogP contribution is -2.29. The van der Waals surface area contributed by atoms with E-state index < -0.39 is 17.7 Å². The number of methoxy groups -OCH3 is 1. The number of Topliss-reactive ketones (excluding diaryl/α,β-unsaturated/α-hetero) is 1. The van der Waals surface area contributed by atoms with E-state index in [4.69, 9.17) is 39.5 Å². The minimum Gasteiger partial charge on any atom is -0.507 e. The van der Waals surface area contributed by atoms with Crippen molar-refractivity contribution in [3.05, 3.63) is 92.4 Å². The molecule has 35 heavy (non-hydrogen) atoms. The summed E-state index contributed by atoms with van der Waals surface area (Å²) in [4.78, 5) is 29.8. The zero-order chi connectivity index (χ0) is 25.4. The summed E-state index contributed by atoms with van der Waals surface area (Å²) in [6.45, 7) is 0. The largest absolute Gasteiger partial charge is 0.507 e. The lowest BCUT2D eigenvalue weighted by molar-refractivity contribution is -0.132. The summed E-state index contributed by atoms with van der Waals surface area (Å²) < 4.78 is 5.22. The Morgan fingerprint density at radius 2 is 1.60 bits per heavy atom. The van der Waals surface area contributed by atoms with Crippen LogP contribution in [0, 0.1) is 0 Å². The molecule has 0 spiro atoms. The lowest BCUT2D eigenvalue weighted by atomic mass is 9.95. The molecule has 0 aliphatic carbocycles. The minimum atomic E-state index is -0.912. The smallest absolute Gasteiger partial charge is 0.300 e. The molecule has 0 radical (unpaired) electrons. The number of anilines is 2. The molecule has 0 saturated carbocycles.